The molecule has 0 aliphatic carbocycles. The zero-order valence-electron chi connectivity index (χ0n) is 15.3. The highest BCUT2D eigenvalue weighted by Crippen LogP contribution is 2.38. The number of rotatable bonds is 6. The van der Waals surface area contributed by atoms with Gasteiger partial charge in [-0.3, -0.25) is 9.59 Å². The Hall–Kier alpha value is -3.16. The molecule has 0 saturated heterocycles. The Morgan fingerprint density at radius 2 is 1.69 bits per heavy atom. The first-order chi connectivity index (χ1) is 14.1. The van der Waals surface area contributed by atoms with Gasteiger partial charge in [-0.25, -0.2) is 4.98 Å². The molecule has 0 saturated carbocycles. The van der Waals surface area contributed by atoms with Gasteiger partial charge in [0.2, 0.25) is 5.91 Å². The summed E-state index contributed by atoms with van der Waals surface area (Å²) in [6, 6.07) is 23.1. The number of amides is 2. The molecule has 1 aromatic heterocycles. The van der Waals surface area contributed by atoms with Crippen LogP contribution in [0.5, 0.6) is 0 Å². The number of hydrogen-bond acceptors (Lipinski definition) is 5. The van der Waals surface area contributed by atoms with Crippen molar-refractivity contribution in [1.29, 1.82) is 0 Å². The average Bonchev–Trinajstić information content (AvgIpc) is 3.15. The van der Waals surface area contributed by atoms with Gasteiger partial charge in [-0.15, -0.1) is 0 Å². The third-order valence-electron chi connectivity index (χ3n) is 4.25. The molecule has 1 heterocycles. The fourth-order valence-electron chi connectivity index (χ4n) is 2.97. The SMILES string of the molecule is NC(=O)CSc1nc(-c2ccccc2)c(NC(=O)c2cccc3ccccc23)s1. The van der Waals surface area contributed by atoms with Gasteiger partial charge < -0.3 is 11.1 Å². The maximum atomic E-state index is 13.1. The number of thiazole rings is 1. The Balaban J connectivity index is 1.69. The summed E-state index contributed by atoms with van der Waals surface area (Å²) in [7, 11) is 0. The van der Waals surface area contributed by atoms with Gasteiger partial charge in [0.1, 0.15) is 10.7 Å². The van der Waals surface area contributed by atoms with E-state index in [9.17, 15) is 9.59 Å². The van der Waals surface area contributed by atoms with Crippen molar-refractivity contribution in [3.05, 3.63) is 78.4 Å². The number of nitrogens with two attached hydrogens (primary N) is 1. The van der Waals surface area contributed by atoms with Gasteiger partial charge in [-0.05, 0) is 16.8 Å². The number of carbonyl (C=O) groups excluding carboxylic acids is 2. The summed E-state index contributed by atoms with van der Waals surface area (Å²) < 4.78 is 0.677. The van der Waals surface area contributed by atoms with Crippen LogP contribution in [0.4, 0.5) is 5.00 Å². The highest BCUT2D eigenvalue weighted by molar-refractivity contribution is 8.01. The minimum Gasteiger partial charge on any atom is -0.369 e. The Morgan fingerprint density at radius 1 is 0.966 bits per heavy atom. The van der Waals surface area contributed by atoms with E-state index in [0.717, 1.165) is 16.3 Å². The van der Waals surface area contributed by atoms with E-state index in [1.165, 1.54) is 23.1 Å². The lowest BCUT2D eigenvalue weighted by molar-refractivity contribution is -0.115. The van der Waals surface area contributed by atoms with E-state index in [1.807, 2.05) is 72.8 Å². The lowest BCUT2D eigenvalue weighted by atomic mass is 10.0. The van der Waals surface area contributed by atoms with E-state index >= 15 is 0 Å². The number of anilines is 1. The number of fused-ring (bicyclic) bond motifs is 1. The number of carbonyl (C=O) groups is 2. The van der Waals surface area contributed by atoms with Gasteiger partial charge in [0.25, 0.3) is 5.91 Å². The minimum absolute atomic E-state index is 0.137. The first kappa shape index (κ1) is 19.2. The Kier molecular flexibility index (Phi) is 5.59. The standard InChI is InChI=1S/C22H17N3O2S2/c23-18(26)13-28-22-24-19(15-8-2-1-3-9-15)21(29-22)25-20(27)17-12-6-10-14-7-4-5-11-16(14)17/h1-12H,13H2,(H2,23,26)(H,25,27). The Morgan fingerprint density at radius 3 is 2.48 bits per heavy atom. The average molecular weight is 420 g/mol. The van der Waals surface area contributed by atoms with E-state index in [1.54, 1.807) is 0 Å². The molecular formula is C22H17N3O2S2. The molecular weight excluding hydrogens is 402 g/mol. The van der Waals surface area contributed by atoms with Gasteiger partial charge in [0.15, 0.2) is 4.34 Å². The molecule has 4 aromatic rings. The second kappa shape index (κ2) is 8.46. The van der Waals surface area contributed by atoms with Crippen LogP contribution in [0.3, 0.4) is 0 Å². The molecule has 0 aliphatic heterocycles. The van der Waals surface area contributed by atoms with Gasteiger partial charge in [-0.1, -0.05) is 89.8 Å². The van der Waals surface area contributed by atoms with Crippen molar-refractivity contribution in [2.45, 2.75) is 4.34 Å². The summed E-state index contributed by atoms with van der Waals surface area (Å²) in [5.74, 6) is -0.472. The van der Waals surface area contributed by atoms with Gasteiger partial charge >= 0.3 is 0 Å². The fourth-order valence-corrected chi connectivity index (χ4v) is 4.76. The van der Waals surface area contributed by atoms with Gasteiger partial charge in [-0.2, -0.15) is 0 Å². The number of aromatic nitrogens is 1. The van der Waals surface area contributed by atoms with Crippen molar-refractivity contribution >= 4 is 50.7 Å². The Bertz CT molecular complexity index is 1180. The second-order valence-electron chi connectivity index (χ2n) is 6.26. The summed E-state index contributed by atoms with van der Waals surface area (Å²) in [6.07, 6.45) is 0. The molecule has 0 bridgehead atoms. The molecule has 3 aromatic carbocycles. The highest BCUT2D eigenvalue weighted by atomic mass is 32.2. The maximum Gasteiger partial charge on any atom is 0.256 e. The Labute approximate surface area is 176 Å². The van der Waals surface area contributed by atoms with Crippen molar-refractivity contribution in [2.75, 3.05) is 11.1 Å². The van der Waals surface area contributed by atoms with E-state index in [2.05, 4.69) is 10.3 Å². The topological polar surface area (TPSA) is 85.1 Å². The molecule has 0 unspecified atom stereocenters. The van der Waals surface area contributed by atoms with E-state index in [0.29, 0.717) is 20.6 Å². The normalized spacial score (nSPS) is 10.8. The fraction of sp³-hybridized carbons (Fsp3) is 0.0455. The molecule has 144 valence electrons. The van der Waals surface area contributed by atoms with Crippen LogP contribution in [0.25, 0.3) is 22.0 Å². The zero-order valence-corrected chi connectivity index (χ0v) is 16.9. The molecule has 2 amide bonds. The first-order valence-electron chi connectivity index (χ1n) is 8.88. The van der Waals surface area contributed by atoms with Crippen molar-refractivity contribution in [1.82, 2.24) is 4.98 Å². The summed E-state index contributed by atoms with van der Waals surface area (Å²) in [6.45, 7) is 0. The van der Waals surface area contributed by atoms with Crippen molar-refractivity contribution in [2.24, 2.45) is 5.73 Å². The molecule has 7 heteroatoms. The molecule has 0 radical (unpaired) electrons. The van der Waals surface area contributed by atoms with Crippen LogP contribution < -0.4 is 11.1 Å². The van der Waals surface area contributed by atoms with Crippen LogP contribution in [0.1, 0.15) is 10.4 Å². The van der Waals surface area contributed by atoms with E-state index < -0.39 is 5.91 Å². The van der Waals surface area contributed by atoms with Crippen molar-refractivity contribution in [3.8, 4) is 11.3 Å². The lowest BCUT2D eigenvalue weighted by Gasteiger charge is -2.08. The molecule has 0 fully saturated rings. The number of nitrogens with one attached hydrogen (secondary N) is 1. The predicted molar refractivity (Wildman–Crippen MR) is 119 cm³/mol. The van der Waals surface area contributed by atoms with Crippen LogP contribution in [0.15, 0.2) is 77.1 Å². The largest absolute Gasteiger partial charge is 0.369 e. The zero-order chi connectivity index (χ0) is 20.2. The van der Waals surface area contributed by atoms with Crippen molar-refractivity contribution < 1.29 is 9.59 Å². The van der Waals surface area contributed by atoms with Crippen LogP contribution in [0.2, 0.25) is 0 Å². The van der Waals surface area contributed by atoms with E-state index in [4.69, 9.17) is 5.73 Å². The monoisotopic (exact) mass is 419 g/mol. The van der Waals surface area contributed by atoms with Gasteiger partial charge in [0.05, 0.1) is 5.75 Å². The smallest absolute Gasteiger partial charge is 0.256 e. The van der Waals surface area contributed by atoms with Crippen LogP contribution >= 0.6 is 23.1 Å². The number of hydrogen-bond donors (Lipinski definition) is 2. The van der Waals surface area contributed by atoms with Crippen molar-refractivity contribution in [3.63, 3.8) is 0 Å². The third kappa shape index (κ3) is 4.31. The molecule has 3 N–H and O–H groups in total. The highest BCUT2D eigenvalue weighted by Gasteiger charge is 2.18. The summed E-state index contributed by atoms with van der Waals surface area (Å²) >= 11 is 2.60. The first-order valence-corrected chi connectivity index (χ1v) is 10.7. The molecule has 4 rings (SSSR count). The number of nitrogens with zero attached hydrogens (tertiary/aromatic N) is 1. The number of benzene rings is 3. The van der Waals surface area contributed by atoms with Crippen LogP contribution in [-0.4, -0.2) is 22.6 Å². The molecule has 29 heavy (non-hydrogen) atoms. The quantitative estimate of drug-likeness (QED) is 0.440. The number of primary amides is 1. The van der Waals surface area contributed by atoms with Crippen LogP contribution in [0, 0.1) is 0 Å². The lowest BCUT2D eigenvalue weighted by Crippen LogP contribution is -2.12. The molecule has 5 nitrogen and oxygen atoms in total. The van der Waals surface area contributed by atoms with Gasteiger partial charge in [0, 0.05) is 11.1 Å². The molecule has 0 spiro atoms. The third-order valence-corrected chi connectivity index (χ3v) is 6.39. The van der Waals surface area contributed by atoms with Crippen LogP contribution in [-0.2, 0) is 4.79 Å². The minimum atomic E-state index is -0.409. The summed E-state index contributed by atoms with van der Waals surface area (Å²) in [4.78, 5) is 28.8. The predicted octanol–water partition coefficient (Wildman–Crippen LogP) is 4.79. The molecule has 0 aliphatic rings. The number of thioether (sulfide) groups is 1. The molecule has 0 atom stereocenters. The second-order valence-corrected chi connectivity index (χ2v) is 8.48. The maximum absolute atomic E-state index is 13.1. The summed E-state index contributed by atoms with van der Waals surface area (Å²) in [5.41, 5.74) is 7.42. The van der Waals surface area contributed by atoms with E-state index in [-0.39, 0.29) is 11.7 Å². The summed E-state index contributed by atoms with van der Waals surface area (Å²) in [5, 5.41) is 5.55.